The van der Waals surface area contributed by atoms with E-state index in [1.165, 1.54) is 11.3 Å². The number of methoxy groups -OCH3 is 1. The van der Waals surface area contributed by atoms with Gasteiger partial charge in [0, 0.05) is 36.4 Å². The van der Waals surface area contributed by atoms with Gasteiger partial charge in [-0.15, -0.1) is 11.3 Å². The number of ether oxygens (including phenoxy) is 1. The Balaban J connectivity index is 1.24. The van der Waals surface area contributed by atoms with Crippen molar-refractivity contribution in [1.82, 2.24) is 19.8 Å². The molecule has 42 heavy (non-hydrogen) atoms. The van der Waals surface area contributed by atoms with Crippen molar-refractivity contribution in [3.8, 4) is 27.6 Å². The smallest absolute Gasteiger partial charge is 0.257 e. The minimum Gasteiger partial charge on any atom is -0.496 e. The predicted octanol–water partition coefficient (Wildman–Crippen LogP) is 6.06. The molecule has 0 atom stereocenters. The third kappa shape index (κ3) is 6.78. The highest BCUT2D eigenvalue weighted by atomic mass is 32.1. The van der Waals surface area contributed by atoms with E-state index < -0.39 is 11.8 Å². The number of hydrogen-bond donors (Lipinski definition) is 1. The highest BCUT2D eigenvalue weighted by molar-refractivity contribution is 7.14. The van der Waals surface area contributed by atoms with Gasteiger partial charge in [0.1, 0.15) is 5.75 Å². The zero-order valence-corrected chi connectivity index (χ0v) is 25.2. The standard InChI is InChI=1S/C31H37F2N5O3S/c1-31(32,33)21-11-19(12-21)13-29(39)35-22-15-28(42-18-22)26-17-34-16-25(36-26)20-5-6-24(27(14-20)41-4)30(40)38(3)23-7-9-37(2)10-8-23/h5-6,14-19,21,23H,7-13H2,1-4H3,(H,35,39). The van der Waals surface area contributed by atoms with Crippen LogP contribution in [0, 0.1) is 11.8 Å². The summed E-state index contributed by atoms with van der Waals surface area (Å²) in [7, 11) is 5.51. The lowest BCUT2D eigenvalue weighted by molar-refractivity contribution is -0.122. The van der Waals surface area contributed by atoms with E-state index in [-0.39, 0.29) is 30.2 Å². The molecule has 1 aliphatic carbocycles. The highest BCUT2D eigenvalue weighted by Crippen LogP contribution is 2.45. The number of piperidine rings is 1. The van der Waals surface area contributed by atoms with Crippen LogP contribution in [0.5, 0.6) is 5.75 Å². The van der Waals surface area contributed by atoms with E-state index in [4.69, 9.17) is 9.72 Å². The number of carbonyl (C=O) groups excluding carboxylic acids is 2. The van der Waals surface area contributed by atoms with Crippen LogP contribution in [0.15, 0.2) is 42.0 Å². The molecule has 3 aromatic rings. The molecule has 1 aromatic carbocycles. The third-order valence-corrected chi connectivity index (χ3v) is 9.43. The van der Waals surface area contributed by atoms with Gasteiger partial charge in [-0.05, 0) is 76.9 Å². The maximum absolute atomic E-state index is 13.4. The second-order valence-corrected chi connectivity index (χ2v) is 12.5. The Morgan fingerprint density at radius 2 is 1.88 bits per heavy atom. The van der Waals surface area contributed by atoms with E-state index in [1.807, 2.05) is 35.5 Å². The van der Waals surface area contributed by atoms with Crippen LogP contribution in [0.1, 0.15) is 49.4 Å². The van der Waals surface area contributed by atoms with Crippen LogP contribution < -0.4 is 10.1 Å². The number of aromatic nitrogens is 2. The molecule has 5 rings (SSSR count). The number of anilines is 1. The molecule has 1 saturated carbocycles. The fourth-order valence-corrected chi connectivity index (χ4v) is 6.51. The molecule has 1 saturated heterocycles. The molecule has 0 radical (unpaired) electrons. The highest BCUT2D eigenvalue weighted by Gasteiger charge is 2.44. The van der Waals surface area contributed by atoms with Gasteiger partial charge in [0.2, 0.25) is 11.8 Å². The molecule has 8 nitrogen and oxygen atoms in total. The lowest BCUT2D eigenvalue weighted by Crippen LogP contribution is -2.44. The average molecular weight is 598 g/mol. The van der Waals surface area contributed by atoms with Crippen molar-refractivity contribution < 1.29 is 23.1 Å². The Labute approximate surface area is 249 Å². The van der Waals surface area contributed by atoms with Gasteiger partial charge in [-0.2, -0.15) is 0 Å². The summed E-state index contributed by atoms with van der Waals surface area (Å²) in [5.41, 5.74) is 3.18. The molecule has 0 spiro atoms. The van der Waals surface area contributed by atoms with Gasteiger partial charge >= 0.3 is 0 Å². The molecular weight excluding hydrogens is 560 g/mol. The van der Waals surface area contributed by atoms with Crippen LogP contribution in [-0.4, -0.2) is 77.8 Å². The number of hydrogen-bond acceptors (Lipinski definition) is 7. The summed E-state index contributed by atoms with van der Waals surface area (Å²) < 4.78 is 32.4. The van der Waals surface area contributed by atoms with Gasteiger partial charge in [-0.25, -0.2) is 13.8 Å². The molecule has 2 fully saturated rings. The zero-order valence-electron chi connectivity index (χ0n) is 24.4. The van der Waals surface area contributed by atoms with E-state index in [0.717, 1.165) is 43.3 Å². The number of alkyl halides is 2. The maximum Gasteiger partial charge on any atom is 0.257 e. The Morgan fingerprint density at radius 1 is 1.17 bits per heavy atom. The van der Waals surface area contributed by atoms with Gasteiger partial charge in [-0.1, -0.05) is 6.07 Å². The SMILES string of the molecule is COc1cc(-c2cncc(-c3cc(NC(=O)CC4CC(C(C)(F)F)C4)cs3)n2)ccc1C(=O)N(C)C1CCN(C)CC1. The van der Waals surface area contributed by atoms with Crippen LogP contribution in [0.2, 0.25) is 0 Å². The number of carbonyl (C=O) groups is 2. The monoisotopic (exact) mass is 597 g/mol. The summed E-state index contributed by atoms with van der Waals surface area (Å²) in [4.78, 5) is 39.9. The van der Waals surface area contributed by atoms with Crippen molar-refractivity contribution in [2.75, 3.05) is 39.6 Å². The average Bonchev–Trinajstić information content (AvgIpc) is 3.42. The van der Waals surface area contributed by atoms with Gasteiger partial charge in [-0.3, -0.25) is 14.6 Å². The molecule has 2 aromatic heterocycles. The number of likely N-dealkylation sites (tertiary alicyclic amines) is 1. The largest absolute Gasteiger partial charge is 0.496 e. The van der Waals surface area contributed by atoms with Crippen LogP contribution >= 0.6 is 11.3 Å². The summed E-state index contributed by atoms with van der Waals surface area (Å²) >= 11 is 1.43. The molecule has 2 amide bonds. The number of nitrogens with zero attached hydrogens (tertiary/aromatic N) is 4. The van der Waals surface area contributed by atoms with E-state index in [1.54, 1.807) is 25.6 Å². The van der Waals surface area contributed by atoms with E-state index in [0.29, 0.717) is 41.2 Å². The molecule has 1 aliphatic heterocycles. The minimum absolute atomic E-state index is 0.00479. The van der Waals surface area contributed by atoms with E-state index >= 15 is 0 Å². The summed E-state index contributed by atoms with van der Waals surface area (Å²) in [6.07, 6.45) is 6.19. The summed E-state index contributed by atoms with van der Waals surface area (Å²) in [5.74, 6) is -3.08. The van der Waals surface area contributed by atoms with Crippen LogP contribution in [0.4, 0.5) is 14.5 Å². The normalized spacial score (nSPS) is 19.7. The van der Waals surface area contributed by atoms with Gasteiger partial charge < -0.3 is 19.9 Å². The lowest BCUT2D eigenvalue weighted by Gasteiger charge is -2.38. The third-order valence-electron chi connectivity index (χ3n) is 8.48. The molecule has 1 N–H and O–H groups in total. The number of benzene rings is 1. The fourth-order valence-electron chi connectivity index (χ4n) is 5.72. The number of amides is 2. The Bertz CT molecular complexity index is 1430. The first kappa shape index (κ1) is 30.0. The predicted molar refractivity (Wildman–Crippen MR) is 160 cm³/mol. The van der Waals surface area contributed by atoms with Gasteiger partial charge in [0.15, 0.2) is 0 Å². The summed E-state index contributed by atoms with van der Waals surface area (Å²) in [5, 5.41) is 4.71. The first-order chi connectivity index (χ1) is 20.0. The van der Waals surface area contributed by atoms with Gasteiger partial charge in [0.25, 0.3) is 5.91 Å². The van der Waals surface area contributed by atoms with Crippen LogP contribution in [-0.2, 0) is 4.79 Å². The number of halogens is 2. The molecule has 0 unspecified atom stereocenters. The molecule has 2 aliphatic rings. The topological polar surface area (TPSA) is 87.7 Å². The van der Waals surface area contributed by atoms with Crippen molar-refractivity contribution in [2.24, 2.45) is 11.8 Å². The van der Waals surface area contributed by atoms with E-state index in [9.17, 15) is 18.4 Å². The Kier molecular flexibility index (Phi) is 8.89. The summed E-state index contributed by atoms with van der Waals surface area (Å²) in [6, 6.07) is 7.47. The first-order valence-corrected chi connectivity index (χ1v) is 15.1. The van der Waals surface area contributed by atoms with Gasteiger partial charge in [0.05, 0.1) is 47.0 Å². The molecular formula is C31H37F2N5O3S. The zero-order chi connectivity index (χ0) is 30.0. The van der Waals surface area contributed by atoms with Crippen molar-refractivity contribution in [2.45, 2.75) is 51.0 Å². The number of thiophene rings is 1. The second kappa shape index (κ2) is 12.4. The van der Waals surface area contributed by atoms with Crippen molar-refractivity contribution in [1.29, 1.82) is 0 Å². The van der Waals surface area contributed by atoms with Crippen molar-refractivity contribution in [3.63, 3.8) is 0 Å². The number of rotatable bonds is 9. The minimum atomic E-state index is -2.68. The molecule has 11 heteroatoms. The molecule has 3 heterocycles. The summed E-state index contributed by atoms with van der Waals surface area (Å²) in [6.45, 7) is 2.88. The van der Waals surface area contributed by atoms with Crippen LogP contribution in [0.25, 0.3) is 21.8 Å². The molecule has 0 bridgehead atoms. The van der Waals surface area contributed by atoms with Crippen LogP contribution in [0.3, 0.4) is 0 Å². The second-order valence-electron chi connectivity index (χ2n) is 11.6. The Morgan fingerprint density at radius 3 is 2.57 bits per heavy atom. The van der Waals surface area contributed by atoms with Crippen molar-refractivity contribution in [3.05, 3.63) is 47.6 Å². The lowest BCUT2D eigenvalue weighted by atomic mass is 9.70. The molecule has 224 valence electrons. The van der Waals surface area contributed by atoms with Crippen molar-refractivity contribution >= 4 is 28.8 Å². The maximum atomic E-state index is 13.4. The Hall–Kier alpha value is -3.44. The fraction of sp³-hybridized carbons (Fsp3) is 0.484. The quantitative estimate of drug-likeness (QED) is 0.323. The first-order valence-electron chi connectivity index (χ1n) is 14.2. The number of nitrogens with one attached hydrogen (secondary N) is 1. The van der Waals surface area contributed by atoms with E-state index in [2.05, 4.69) is 22.2 Å².